The minimum Gasteiger partial charge on any atom is -0.508 e. The van der Waals surface area contributed by atoms with Crippen molar-refractivity contribution in [3.8, 4) is 11.5 Å². The van der Waals surface area contributed by atoms with E-state index in [9.17, 15) is 14.7 Å². The first-order chi connectivity index (χ1) is 20.5. The van der Waals surface area contributed by atoms with E-state index in [1.165, 1.54) is 23.5 Å². The maximum Gasteiger partial charge on any atom is 0.336 e. The summed E-state index contributed by atoms with van der Waals surface area (Å²) in [5.41, 5.74) is 0.540. The van der Waals surface area contributed by atoms with Gasteiger partial charge in [-0.15, -0.1) is 11.8 Å². The van der Waals surface area contributed by atoms with Crippen LogP contribution in [0.25, 0.3) is 11.0 Å². The number of aromatic nitrogens is 2. The number of piperidine rings is 1. The van der Waals surface area contributed by atoms with Gasteiger partial charge < -0.3 is 28.9 Å². The van der Waals surface area contributed by atoms with Crippen molar-refractivity contribution in [2.45, 2.75) is 68.8 Å². The number of amides is 1. The van der Waals surface area contributed by atoms with E-state index in [-0.39, 0.29) is 23.0 Å². The lowest BCUT2D eigenvalue weighted by Gasteiger charge is -2.31. The number of nitrogens with zero attached hydrogens (tertiary/aromatic N) is 3. The Labute approximate surface area is 258 Å². The first-order valence-corrected chi connectivity index (χ1v) is 16.3. The number of nitrogens with one attached hydrogen (secondary N) is 1. The Morgan fingerprint density at radius 2 is 1.95 bits per heavy atom. The summed E-state index contributed by atoms with van der Waals surface area (Å²) >= 11 is 3.07. The van der Waals surface area contributed by atoms with Gasteiger partial charge in [-0.25, -0.2) is 14.8 Å². The van der Waals surface area contributed by atoms with Crippen LogP contribution in [0.15, 0.2) is 48.4 Å². The molecule has 1 saturated heterocycles. The maximum atomic E-state index is 12.9. The summed E-state index contributed by atoms with van der Waals surface area (Å²) in [6.45, 7) is 11.3. The molecule has 5 rings (SSSR count). The number of fused-ring (bicyclic) bond motifs is 1. The van der Waals surface area contributed by atoms with Crippen molar-refractivity contribution in [3.63, 3.8) is 0 Å². The monoisotopic (exact) mass is 626 g/mol. The molecule has 2 N–H and O–H groups in total. The van der Waals surface area contributed by atoms with Crippen LogP contribution in [0.3, 0.4) is 0 Å². The Morgan fingerprint density at radius 3 is 2.70 bits per heavy atom. The summed E-state index contributed by atoms with van der Waals surface area (Å²) in [5, 5.41) is 14.3. The standard InChI is InChI=1S/C31H38N4O6S2/c1-19-13-26(37)40-23-15-21(36)14-22(28(19)23)39-12-6-5-9-35-10-7-20(8-11-35)29(38)34-30-33-17-27(43-30)42-18-25-32-16-24(41-25)31(2,3)4/h13-17,20,36H,5-12,18H2,1-4H3,(H,33,34,38). The van der Waals surface area contributed by atoms with Crippen molar-refractivity contribution in [1.82, 2.24) is 14.9 Å². The van der Waals surface area contributed by atoms with Crippen molar-refractivity contribution in [2.75, 3.05) is 31.6 Å². The predicted octanol–water partition coefficient (Wildman–Crippen LogP) is 6.35. The highest BCUT2D eigenvalue weighted by atomic mass is 32.2. The Kier molecular flexibility index (Phi) is 9.78. The van der Waals surface area contributed by atoms with Crippen molar-refractivity contribution in [2.24, 2.45) is 5.92 Å². The van der Waals surface area contributed by atoms with Crippen LogP contribution in [-0.4, -0.2) is 52.1 Å². The van der Waals surface area contributed by atoms with Crippen molar-refractivity contribution in [3.05, 3.63) is 58.2 Å². The van der Waals surface area contributed by atoms with E-state index in [0.29, 0.717) is 40.1 Å². The number of carbonyl (C=O) groups excluding carboxylic acids is 1. The first-order valence-electron chi connectivity index (χ1n) is 14.5. The second-order valence-corrected chi connectivity index (χ2v) is 14.2. The zero-order valence-electron chi connectivity index (χ0n) is 25.0. The van der Waals surface area contributed by atoms with Crippen LogP contribution in [0.4, 0.5) is 5.13 Å². The van der Waals surface area contributed by atoms with Gasteiger partial charge in [0.15, 0.2) is 5.13 Å². The van der Waals surface area contributed by atoms with E-state index in [1.807, 2.05) is 6.92 Å². The number of aryl methyl sites for hydroxylation is 1. The number of ether oxygens (including phenoxy) is 1. The molecule has 0 saturated carbocycles. The van der Waals surface area contributed by atoms with Gasteiger partial charge in [-0.3, -0.25) is 4.79 Å². The fraction of sp³-hybridized carbons (Fsp3) is 0.484. The highest BCUT2D eigenvalue weighted by Crippen LogP contribution is 2.34. The predicted molar refractivity (Wildman–Crippen MR) is 168 cm³/mol. The summed E-state index contributed by atoms with van der Waals surface area (Å²) in [6.07, 6.45) is 6.99. The third kappa shape index (κ3) is 8.18. The molecule has 0 atom stereocenters. The molecular formula is C31H38N4O6S2. The summed E-state index contributed by atoms with van der Waals surface area (Å²) in [6, 6.07) is 4.41. The molecule has 1 aliphatic rings. The van der Waals surface area contributed by atoms with Crippen LogP contribution < -0.4 is 15.7 Å². The molecule has 10 nitrogen and oxygen atoms in total. The van der Waals surface area contributed by atoms with Gasteiger partial charge in [-0.1, -0.05) is 32.1 Å². The number of thiazole rings is 1. The van der Waals surface area contributed by atoms with E-state index in [1.54, 1.807) is 30.2 Å². The number of thioether (sulfide) groups is 1. The minimum atomic E-state index is -0.455. The number of phenolic OH excluding ortho intramolecular Hbond substituents is 1. The second-order valence-electron chi connectivity index (χ2n) is 11.9. The molecule has 0 spiro atoms. The van der Waals surface area contributed by atoms with E-state index in [2.05, 4.69) is 41.0 Å². The molecule has 1 amide bonds. The van der Waals surface area contributed by atoms with Gasteiger partial charge in [0.2, 0.25) is 11.8 Å². The maximum absolute atomic E-state index is 12.9. The Morgan fingerprint density at radius 1 is 1.16 bits per heavy atom. The van der Waals surface area contributed by atoms with Crippen LogP contribution >= 0.6 is 23.1 Å². The number of oxazole rings is 1. The fourth-order valence-electron chi connectivity index (χ4n) is 5.03. The average Bonchev–Trinajstić information content (AvgIpc) is 3.61. The van der Waals surface area contributed by atoms with Crippen LogP contribution in [-0.2, 0) is 16.0 Å². The topological polar surface area (TPSA) is 131 Å². The molecule has 12 heteroatoms. The quantitative estimate of drug-likeness (QED) is 0.110. The summed E-state index contributed by atoms with van der Waals surface area (Å²) in [4.78, 5) is 35.7. The number of unbranched alkanes of at least 4 members (excludes halogenated alkanes) is 1. The summed E-state index contributed by atoms with van der Waals surface area (Å²) < 4.78 is 18.0. The number of hydrogen-bond donors (Lipinski definition) is 2. The van der Waals surface area contributed by atoms with Gasteiger partial charge in [-0.05, 0) is 57.8 Å². The van der Waals surface area contributed by atoms with Gasteiger partial charge in [0.1, 0.15) is 22.8 Å². The first kappa shape index (κ1) is 31.1. The average molecular weight is 627 g/mol. The molecular weight excluding hydrogens is 588 g/mol. The van der Waals surface area contributed by atoms with Gasteiger partial charge in [-0.2, -0.15) is 0 Å². The number of phenols is 1. The van der Waals surface area contributed by atoms with Crippen LogP contribution in [0.5, 0.6) is 11.5 Å². The lowest BCUT2D eigenvalue weighted by Crippen LogP contribution is -2.38. The van der Waals surface area contributed by atoms with Crippen LogP contribution in [0.1, 0.15) is 63.7 Å². The molecule has 1 fully saturated rings. The molecule has 0 unspecified atom stereocenters. The molecule has 230 valence electrons. The molecule has 43 heavy (non-hydrogen) atoms. The van der Waals surface area contributed by atoms with Crippen LogP contribution in [0, 0.1) is 12.8 Å². The number of carbonyl (C=O) groups is 1. The molecule has 1 aliphatic heterocycles. The largest absolute Gasteiger partial charge is 0.508 e. The van der Waals surface area contributed by atoms with Crippen molar-refractivity contribution < 1.29 is 23.5 Å². The fourth-order valence-corrected chi connectivity index (χ4v) is 6.76. The number of rotatable bonds is 11. The third-order valence-corrected chi connectivity index (χ3v) is 9.51. The van der Waals surface area contributed by atoms with Gasteiger partial charge in [0, 0.05) is 29.5 Å². The zero-order chi connectivity index (χ0) is 30.6. The molecule has 4 heterocycles. The Balaban J connectivity index is 1.00. The molecule has 3 aromatic heterocycles. The lowest BCUT2D eigenvalue weighted by atomic mass is 9.94. The van der Waals surface area contributed by atoms with E-state index < -0.39 is 5.63 Å². The SMILES string of the molecule is Cc1cc(=O)oc2cc(O)cc(OCCCCN3CCC(C(=O)Nc4ncc(SCc5ncc(C(C)(C)C)o5)s4)CC3)c12. The molecule has 0 aliphatic carbocycles. The third-order valence-electron chi connectivity index (χ3n) is 7.42. The van der Waals surface area contributed by atoms with E-state index >= 15 is 0 Å². The number of likely N-dealkylation sites (tertiary alicyclic amines) is 1. The van der Waals surface area contributed by atoms with Gasteiger partial charge >= 0.3 is 5.63 Å². The van der Waals surface area contributed by atoms with Crippen LogP contribution in [0.2, 0.25) is 0 Å². The highest BCUT2D eigenvalue weighted by Gasteiger charge is 2.25. The normalized spacial score (nSPS) is 14.8. The molecule has 0 bridgehead atoms. The Hall–Kier alpha value is -3.35. The number of benzene rings is 1. The smallest absolute Gasteiger partial charge is 0.336 e. The minimum absolute atomic E-state index is 0.00492. The molecule has 1 aromatic carbocycles. The lowest BCUT2D eigenvalue weighted by molar-refractivity contribution is -0.121. The van der Waals surface area contributed by atoms with Crippen molar-refractivity contribution in [1.29, 1.82) is 0 Å². The number of aromatic hydroxyl groups is 1. The highest BCUT2D eigenvalue weighted by molar-refractivity contribution is 8.00. The second kappa shape index (κ2) is 13.5. The number of anilines is 1. The van der Waals surface area contributed by atoms with Crippen molar-refractivity contribution >= 4 is 45.1 Å². The summed E-state index contributed by atoms with van der Waals surface area (Å²) in [7, 11) is 0. The zero-order valence-corrected chi connectivity index (χ0v) is 26.6. The van der Waals surface area contributed by atoms with Gasteiger partial charge in [0.05, 0.1) is 34.3 Å². The van der Waals surface area contributed by atoms with E-state index in [4.69, 9.17) is 13.6 Å². The van der Waals surface area contributed by atoms with E-state index in [0.717, 1.165) is 60.9 Å². The Bertz CT molecular complexity index is 1610. The summed E-state index contributed by atoms with van der Waals surface area (Å²) in [5.74, 6) is 2.68. The molecule has 0 radical (unpaired) electrons. The van der Waals surface area contributed by atoms with Gasteiger partial charge in [0.25, 0.3) is 0 Å². The molecule has 4 aromatic rings. The number of hydrogen-bond acceptors (Lipinski definition) is 11.